The number of benzene rings is 2. The molecule has 0 saturated heterocycles. The predicted molar refractivity (Wildman–Crippen MR) is 79.2 cm³/mol. The first-order chi connectivity index (χ1) is 9.67. The maximum Gasteiger partial charge on any atom is 0.124 e. The lowest BCUT2D eigenvalue weighted by Gasteiger charge is -2.12. The standard InChI is InChI=1S/C17H17FO2/c1-4-12-7-13(9-15(18)8-12)17-6-5-16(20-3)10-14(17)11-19-2/h4-10H,1,11H2,2-3H3. The van der Waals surface area contributed by atoms with Crippen LogP contribution in [0.15, 0.2) is 43.0 Å². The van der Waals surface area contributed by atoms with Gasteiger partial charge in [-0.15, -0.1) is 0 Å². The van der Waals surface area contributed by atoms with Gasteiger partial charge in [0.15, 0.2) is 0 Å². The van der Waals surface area contributed by atoms with Crippen molar-refractivity contribution < 1.29 is 13.9 Å². The fraction of sp³-hybridized carbons (Fsp3) is 0.176. The fourth-order valence-corrected chi connectivity index (χ4v) is 2.14. The van der Waals surface area contributed by atoms with Gasteiger partial charge in [0.1, 0.15) is 11.6 Å². The van der Waals surface area contributed by atoms with Crippen molar-refractivity contribution in [2.75, 3.05) is 14.2 Å². The van der Waals surface area contributed by atoms with Crippen LogP contribution in [-0.4, -0.2) is 14.2 Å². The Bertz CT molecular complexity index is 620. The van der Waals surface area contributed by atoms with Crippen LogP contribution < -0.4 is 4.74 Å². The number of rotatable bonds is 5. The summed E-state index contributed by atoms with van der Waals surface area (Å²) in [4.78, 5) is 0. The molecular formula is C17H17FO2. The lowest BCUT2D eigenvalue weighted by molar-refractivity contribution is 0.185. The molecule has 0 aliphatic carbocycles. The van der Waals surface area contributed by atoms with E-state index in [1.807, 2.05) is 24.3 Å². The Morgan fingerprint density at radius 2 is 1.95 bits per heavy atom. The van der Waals surface area contributed by atoms with E-state index in [1.54, 1.807) is 20.3 Å². The molecule has 0 aromatic heterocycles. The minimum atomic E-state index is -0.281. The van der Waals surface area contributed by atoms with E-state index in [1.165, 1.54) is 12.1 Å². The molecule has 0 aliphatic heterocycles. The highest BCUT2D eigenvalue weighted by molar-refractivity contribution is 5.71. The van der Waals surface area contributed by atoms with Gasteiger partial charge >= 0.3 is 0 Å². The topological polar surface area (TPSA) is 18.5 Å². The summed E-state index contributed by atoms with van der Waals surface area (Å²) in [6.07, 6.45) is 1.63. The molecule has 2 aromatic carbocycles. The Kier molecular flexibility index (Phi) is 4.53. The van der Waals surface area contributed by atoms with Crippen LogP contribution in [0.25, 0.3) is 17.2 Å². The third-order valence-electron chi connectivity index (χ3n) is 3.08. The van der Waals surface area contributed by atoms with Crippen molar-refractivity contribution in [3.63, 3.8) is 0 Å². The molecule has 0 unspecified atom stereocenters. The highest BCUT2D eigenvalue weighted by atomic mass is 19.1. The van der Waals surface area contributed by atoms with Gasteiger partial charge in [0.25, 0.3) is 0 Å². The van der Waals surface area contributed by atoms with E-state index in [-0.39, 0.29) is 5.82 Å². The molecule has 0 saturated carbocycles. The van der Waals surface area contributed by atoms with Crippen LogP contribution in [-0.2, 0) is 11.3 Å². The Morgan fingerprint density at radius 1 is 1.15 bits per heavy atom. The molecule has 3 heteroatoms. The number of ether oxygens (including phenoxy) is 2. The molecule has 2 aromatic rings. The van der Waals surface area contributed by atoms with Crippen LogP contribution in [0.3, 0.4) is 0 Å². The summed E-state index contributed by atoms with van der Waals surface area (Å²) in [5.74, 6) is 0.470. The second-order valence-electron chi connectivity index (χ2n) is 4.43. The van der Waals surface area contributed by atoms with E-state index in [0.29, 0.717) is 6.61 Å². The second kappa shape index (κ2) is 6.35. The first-order valence-corrected chi connectivity index (χ1v) is 6.27. The first kappa shape index (κ1) is 14.3. The zero-order chi connectivity index (χ0) is 14.5. The normalized spacial score (nSPS) is 10.3. The SMILES string of the molecule is C=Cc1cc(F)cc(-c2ccc(OC)cc2COC)c1. The van der Waals surface area contributed by atoms with Crippen molar-refractivity contribution in [1.82, 2.24) is 0 Å². The molecule has 104 valence electrons. The Morgan fingerprint density at radius 3 is 2.60 bits per heavy atom. The van der Waals surface area contributed by atoms with Gasteiger partial charge in [-0.2, -0.15) is 0 Å². The monoisotopic (exact) mass is 272 g/mol. The maximum atomic E-state index is 13.7. The zero-order valence-electron chi connectivity index (χ0n) is 11.7. The maximum absolute atomic E-state index is 13.7. The van der Waals surface area contributed by atoms with Gasteiger partial charge in [0.05, 0.1) is 13.7 Å². The highest BCUT2D eigenvalue weighted by Gasteiger charge is 2.09. The molecule has 0 N–H and O–H groups in total. The van der Waals surface area contributed by atoms with Crippen LogP contribution in [0.5, 0.6) is 5.75 Å². The van der Waals surface area contributed by atoms with Gasteiger partial charge in [-0.25, -0.2) is 4.39 Å². The van der Waals surface area contributed by atoms with Crippen molar-refractivity contribution in [2.45, 2.75) is 6.61 Å². The van der Waals surface area contributed by atoms with Crippen LogP contribution in [0, 0.1) is 5.82 Å². The zero-order valence-corrected chi connectivity index (χ0v) is 11.7. The third-order valence-corrected chi connectivity index (χ3v) is 3.08. The van der Waals surface area contributed by atoms with Crippen LogP contribution in [0.1, 0.15) is 11.1 Å². The van der Waals surface area contributed by atoms with Crippen LogP contribution >= 0.6 is 0 Å². The van der Waals surface area contributed by atoms with E-state index < -0.39 is 0 Å². The molecule has 0 fully saturated rings. The Labute approximate surface area is 118 Å². The average Bonchev–Trinajstić information content (AvgIpc) is 2.46. The minimum Gasteiger partial charge on any atom is -0.497 e. The van der Waals surface area contributed by atoms with Crippen molar-refractivity contribution in [1.29, 1.82) is 0 Å². The summed E-state index contributed by atoms with van der Waals surface area (Å²) in [6, 6.07) is 10.5. The summed E-state index contributed by atoms with van der Waals surface area (Å²) in [5, 5.41) is 0. The lowest BCUT2D eigenvalue weighted by Crippen LogP contribution is -1.95. The van der Waals surface area contributed by atoms with E-state index in [4.69, 9.17) is 9.47 Å². The Hall–Kier alpha value is -2.13. The van der Waals surface area contributed by atoms with Gasteiger partial charge in [-0.1, -0.05) is 18.7 Å². The number of halogens is 1. The molecule has 0 amide bonds. The van der Waals surface area contributed by atoms with Gasteiger partial charge in [0.2, 0.25) is 0 Å². The number of methoxy groups -OCH3 is 2. The third kappa shape index (κ3) is 3.06. The van der Waals surface area contributed by atoms with Crippen LogP contribution in [0.4, 0.5) is 4.39 Å². The molecule has 0 atom stereocenters. The van der Waals surface area contributed by atoms with Crippen molar-refractivity contribution >= 4 is 6.08 Å². The van der Waals surface area contributed by atoms with E-state index >= 15 is 0 Å². The van der Waals surface area contributed by atoms with Crippen LogP contribution in [0.2, 0.25) is 0 Å². The molecule has 0 bridgehead atoms. The largest absolute Gasteiger partial charge is 0.497 e. The second-order valence-corrected chi connectivity index (χ2v) is 4.43. The summed E-state index contributed by atoms with van der Waals surface area (Å²) < 4.78 is 24.1. The predicted octanol–water partition coefficient (Wildman–Crippen LogP) is 4.29. The fourth-order valence-electron chi connectivity index (χ4n) is 2.14. The summed E-state index contributed by atoms with van der Waals surface area (Å²) in [6.45, 7) is 4.12. The number of hydrogen-bond acceptors (Lipinski definition) is 2. The van der Waals surface area contributed by atoms with Gasteiger partial charge in [-0.3, -0.25) is 0 Å². The van der Waals surface area contributed by atoms with Gasteiger partial charge in [0, 0.05) is 7.11 Å². The summed E-state index contributed by atoms with van der Waals surface area (Å²) in [5.41, 5.74) is 3.43. The first-order valence-electron chi connectivity index (χ1n) is 6.27. The molecule has 0 spiro atoms. The molecule has 0 radical (unpaired) electrons. The van der Waals surface area contributed by atoms with Gasteiger partial charge in [-0.05, 0) is 52.6 Å². The van der Waals surface area contributed by atoms with Crippen molar-refractivity contribution in [2.24, 2.45) is 0 Å². The van der Waals surface area contributed by atoms with Gasteiger partial charge < -0.3 is 9.47 Å². The lowest BCUT2D eigenvalue weighted by atomic mass is 9.98. The average molecular weight is 272 g/mol. The molecule has 2 nitrogen and oxygen atoms in total. The van der Waals surface area contributed by atoms with E-state index in [9.17, 15) is 4.39 Å². The Balaban J connectivity index is 2.55. The van der Waals surface area contributed by atoms with E-state index in [2.05, 4.69) is 6.58 Å². The molecule has 0 aliphatic rings. The summed E-state index contributed by atoms with van der Waals surface area (Å²) in [7, 11) is 3.24. The van der Waals surface area contributed by atoms with Crippen molar-refractivity contribution in [3.05, 3.63) is 59.9 Å². The molecule has 2 rings (SSSR count). The molecule has 0 heterocycles. The molecular weight excluding hydrogens is 255 g/mol. The van der Waals surface area contributed by atoms with E-state index in [0.717, 1.165) is 28.0 Å². The molecule has 20 heavy (non-hydrogen) atoms. The number of hydrogen-bond donors (Lipinski definition) is 0. The smallest absolute Gasteiger partial charge is 0.124 e. The quantitative estimate of drug-likeness (QED) is 0.808. The highest BCUT2D eigenvalue weighted by Crippen LogP contribution is 2.29. The van der Waals surface area contributed by atoms with Crippen molar-refractivity contribution in [3.8, 4) is 16.9 Å². The minimum absolute atomic E-state index is 0.281. The summed E-state index contributed by atoms with van der Waals surface area (Å²) >= 11 is 0.